The second-order valence-corrected chi connectivity index (χ2v) is 3.82. The van der Waals surface area contributed by atoms with Gasteiger partial charge in [0.25, 0.3) is 0 Å². The molecular weight excluding hydrogens is 187 g/mol. The Morgan fingerprint density at radius 3 is 3.00 bits per heavy atom. The van der Waals surface area contributed by atoms with Gasteiger partial charge in [0.1, 0.15) is 5.82 Å². The van der Waals surface area contributed by atoms with Crippen LogP contribution in [0.15, 0.2) is 12.1 Å². The number of aromatic nitrogens is 1. The molecule has 0 saturated carbocycles. The van der Waals surface area contributed by atoms with Gasteiger partial charge in [-0.1, -0.05) is 24.3 Å². The van der Waals surface area contributed by atoms with E-state index in [1.165, 1.54) is 17.4 Å². The summed E-state index contributed by atoms with van der Waals surface area (Å²) in [4.78, 5) is 4.10. The lowest BCUT2D eigenvalue weighted by molar-refractivity contribution is 0.641. The lowest BCUT2D eigenvalue weighted by atomic mass is 10.1. The summed E-state index contributed by atoms with van der Waals surface area (Å²) in [5, 5.41) is 0.426. The Labute approximate surface area is 79.2 Å². The predicted molar refractivity (Wildman–Crippen MR) is 53.4 cm³/mol. The molecule has 0 bridgehead atoms. The lowest BCUT2D eigenvalue weighted by Gasteiger charge is -1.97. The molecule has 0 radical (unpaired) electrons. The van der Waals surface area contributed by atoms with Crippen molar-refractivity contribution < 1.29 is 4.39 Å². The topological polar surface area (TPSA) is 38.9 Å². The van der Waals surface area contributed by atoms with Crippen molar-refractivity contribution in [1.29, 1.82) is 0 Å². The van der Waals surface area contributed by atoms with E-state index in [0.717, 1.165) is 12.0 Å². The number of nitrogens with zero attached hydrogens (tertiary/aromatic N) is 1. The van der Waals surface area contributed by atoms with Crippen LogP contribution in [0.2, 0.25) is 0 Å². The minimum Gasteiger partial charge on any atom is -0.375 e. The van der Waals surface area contributed by atoms with Gasteiger partial charge in [-0.25, -0.2) is 9.37 Å². The Morgan fingerprint density at radius 1 is 1.54 bits per heavy atom. The number of rotatable bonds is 1. The molecule has 13 heavy (non-hydrogen) atoms. The van der Waals surface area contributed by atoms with E-state index in [0.29, 0.717) is 15.3 Å². The van der Waals surface area contributed by atoms with Crippen LogP contribution in [-0.4, -0.2) is 4.98 Å². The quantitative estimate of drug-likeness (QED) is 0.761. The molecule has 0 aliphatic carbocycles. The zero-order valence-electron chi connectivity index (χ0n) is 7.17. The Kier molecular flexibility index (Phi) is 1.92. The summed E-state index contributed by atoms with van der Waals surface area (Å²) < 4.78 is 13.8. The fourth-order valence-electron chi connectivity index (χ4n) is 1.33. The van der Waals surface area contributed by atoms with Gasteiger partial charge in [0.15, 0.2) is 5.13 Å². The van der Waals surface area contributed by atoms with Crippen LogP contribution < -0.4 is 5.73 Å². The Bertz CT molecular complexity index is 450. The smallest absolute Gasteiger partial charge is 0.181 e. The first-order chi connectivity index (χ1) is 6.22. The highest BCUT2D eigenvalue weighted by molar-refractivity contribution is 7.22. The minimum absolute atomic E-state index is 0.235. The highest BCUT2D eigenvalue weighted by atomic mass is 32.1. The van der Waals surface area contributed by atoms with Crippen LogP contribution in [0.4, 0.5) is 9.52 Å². The van der Waals surface area contributed by atoms with Gasteiger partial charge in [-0.05, 0) is 18.1 Å². The minimum atomic E-state index is -0.235. The van der Waals surface area contributed by atoms with Crippen LogP contribution in [0.5, 0.6) is 0 Å². The molecule has 0 atom stereocenters. The van der Waals surface area contributed by atoms with Crippen LogP contribution in [0.1, 0.15) is 12.5 Å². The highest BCUT2D eigenvalue weighted by Crippen LogP contribution is 2.29. The number of fused-ring (bicyclic) bond motifs is 1. The maximum absolute atomic E-state index is 13.2. The van der Waals surface area contributed by atoms with Crippen LogP contribution in [-0.2, 0) is 6.42 Å². The molecule has 0 aliphatic rings. The predicted octanol–water partition coefficient (Wildman–Crippen LogP) is 2.58. The number of thiazole rings is 1. The van der Waals surface area contributed by atoms with E-state index in [1.54, 1.807) is 6.07 Å². The number of halogens is 1. The molecule has 1 aromatic carbocycles. The van der Waals surface area contributed by atoms with Gasteiger partial charge in [-0.2, -0.15) is 0 Å². The van der Waals surface area contributed by atoms with E-state index >= 15 is 0 Å². The van der Waals surface area contributed by atoms with Crippen molar-refractivity contribution >= 4 is 26.7 Å². The summed E-state index contributed by atoms with van der Waals surface area (Å²) in [7, 11) is 0. The molecule has 68 valence electrons. The van der Waals surface area contributed by atoms with Crippen LogP contribution in [0.25, 0.3) is 10.2 Å². The van der Waals surface area contributed by atoms with Gasteiger partial charge < -0.3 is 5.73 Å². The third-order valence-corrected chi connectivity index (χ3v) is 2.87. The molecule has 0 aliphatic heterocycles. The first-order valence-corrected chi connectivity index (χ1v) is 4.87. The van der Waals surface area contributed by atoms with Crippen LogP contribution in [0, 0.1) is 5.82 Å². The fourth-order valence-corrected chi connectivity index (χ4v) is 2.11. The number of hydrogen-bond acceptors (Lipinski definition) is 3. The van der Waals surface area contributed by atoms with Crippen molar-refractivity contribution in [2.24, 2.45) is 0 Å². The molecule has 1 aromatic heterocycles. The zero-order chi connectivity index (χ0) is 9.42. The van der Waals surface area contributed by atoms with Gasteiger partial charge in [0.05, 0.1) is 10.2 Å². The van der Waals surface area contributed by atoms with E-state index < -0.39 is 0 Å². The van der Waals surface area contributed by atoms with Crippen LogP contribution >= 0.6 is 11.3 Å². The van der Waals surface area contributed by atoms with E-state index in [-0.39, 0.29) is 5.82 Å². The molecule has 2 N–H and O–H groups in total. The molecule has 1 heterocycles. The Morgan fingerprint density at radius 2 is 2.31 bits per heavy atom. The molecule has 0 spiro atoms. The number of anilines is 1. The number of aryl methyl sites for hydroxylation is 1. The summed E-state index contributed by atoms with van der Waals surface area (Å²) in [5.41, 5.74) is 7.28. The van der Waals surface area contributed by atoms with E-state index in [1.807, 2.05) is 6.92 Å². The number of benzene rings is 1. The molecule has 2 nitrogen and oxygen atoms in total. The largest absolute Gasteiger partial charge is 0.375 e. The Hall–Kier alpha value is -1.16. The number of nitrogen functional groups attached to an aromatic ring is 1. The SMILES string of the molecule is CCc1ccc(F)c2sc(N)nc12. The molecule has 0 saturated heterocycles. The third-order valence-electron chi connectivity index (χ3n) is 1.98. The van der Waals surface area contributed by atoms with E-state index in [2.05, 4.69) is 4.98 Å². The van der Waals surface area contributed by atoms with Crippen LogP contribution in [0.3, 0.4) is 0 Å². The monoisotopic (exact) mass is 196 g/mol. The van der Waals surface area contributed by atoms with Crippen molar-refractivity contribution in [3.63, 3.8) is 0 Å². The zero-order valence-corrected chi connectivity index (χ0v) is 7.99. The molecule has 2 rings (SSSR count). The molecule has 0 fully saturated rings. The van der Waals surface area contributed by atoms with Gasteiger partial charge in [0.2, 0.25) is 0 Å². The van der Waals surface area contributed by atoms with E-state index in [4.69, 9.17) is 5.73 Å². The van der Waals surface area contributed by atoms with Gasteiger partial charge >= 0.3 is 0 Å². The fraction of sp³-hybridized carbons (Fsp3) is 0.222. The lowest BCUT2D eigenvalue weighted by Crippen LogP contribution is -1.85. The first-order valence-electron chi connectivity index (χ1n) is 4.05. The molecular formula is C9H9FN2S. The van der Waals surface area contributed by atoms with Gasteiger partial charge in [0, 0.05) is 0 Å². The molecule has 2 aromatic rings. The molecule has 0 amide bonds. The number of hydrogen-bond donors (Lipinski definition) is 1. The second-order valence-electron chi connectivity index (χ2n) is 2.79. The second kappa shape index (κ2) is 2.96. The summed E-state index contributed by atoms with van der Waals surface area (Å²) in [6.45, 7) is 2.02. The average Bonchev–Trinajstić information content (AvgIpc) is 2.48. The summed E-state index contributed by atoms with van der Waals surface area (Å²) in [6.07, 6.45) is 0.847. The summed E-state index contributed by atoms with van der Waals surface area (Å²) in [6, 6.07) is 3.23. The van der Waals surface area contributed by atoms with Crippen molar-refractivity contribution in [3.8, 4) is 0 Å². The molecule has 4 heteroatoms. The third kappa shape index (κ3) is 1.27. The standard InChI is InChI=1S/C9H9FN2S/c1-2-5-3-4-6(10)8-7(5)12-9(11)13-8/h3-4H,2H2,1H3,(H2,11,12). The van der Waals surface area contributed by atoms with Gasteiger partial charge in [-0.3, -0.25) is 0 Å². The summed E-state index contributed by atoms with van der Waals surface area (Å²) >= 11 is 1.20. The van der Waals surface area contributed by atoms with Crippen molar-refractivity contribution in [2.75, 3.05) is 5.73 Å². The maximum atomic E-state index is 13.2. The van der Waals surface area contributed by atoms with Crippen molar-refractivity contribution in [2.45, 2.75) is 13.3 Å². The number of nitrogens with two attached hydrogens (primary N) is 1. The maximum Gasteiger partial charge on any atom is 0.181 e. The molecule has 0 unspecified atom stereocenters. The van der Waals surface area contributed by atoms with Gasteiger partial charge in [-0.15, -0.1) is 0 Å². The van der Waals surface area contributed by atoms with Crippen molar-refractivity contribution in [1.82, 2.24) is 4.98 Å². The Balaban J connectivity index is 2.83. The first kappa shape index (κ1) is 8.44. The average molecular weight is 196 g/mol. The normalized spacial score (nSPS) is 10.9. The highest BCUT2D eigenvalue weighted by Gasteiger charge is 2.09. The van der Waals surface area contributed by atoms with E-state index in [9.17, 15) is 4.39 Å². The van der Waals surface area contributed by atoms with Crippen molar-refractivity contribution in [3.05, 3.63) is 23.5 Å². The summed E-state index contributed by atoms with van der Waals surface area (Å²) in [5.74, 6) is -0.235.